The second-order valence-electron chi connectivity index (χ2n) is 5.82. The number of tetrazole rings is 1. The zero-order chi connectivity index (χ0) is 19.9. The van der Waals surface area contributed by atoms with Crippen LogP contribution in [-0.2, 0) is 19.7 Å². The molecule has 0 saturated heterocycles. The van der Waals surface area contributed by atoms with Crippen LogP contribution in [0.3, 0.4) is 0 Å². The third-order valence-electron chi connectivity index (χ3n) is 3.90. The van der Waals surface area contributed by atoms with Crippen molar-refractivity contribution in [2.45, 2.75) is 19.7 Å². The molecule has 0 unspecified atom stereocenters. The van der Waals surface area contributed by atoms with Gasteiger partial charge in [-0.3, -0.25) is 0 Å². The first kappa shape index (κ1) is 19.8. The highest BCUT2D eigenvalue weighted by Gasteiger charge is 2.14. The smallest absolute Gasteiger partial charge is 0.243 e. The molecule has 0 aliphatic rings. The number of halogens is 2. The molecule has 9 heteroatoms. The van der Waals surface area contributed by atoms with Gasteiger partial charge in [0.1, 0.15) is 12.4 Å². The molecule has 0 saturated carbocycles. The quantitative estimate of drug-likeness (QED) is 0.500. The molecular formula is C19H19BrFN5O2. The molecule has 2 aromatic carbocycles. The number of aromatic nitrogens is 4. The van der Waals surface area contributed by atoms with Gasteiger partial charge in [0.15, 0.2) is 11.5 Å². The Morgan fingerprint density at radius 2 is 2.14 bits per heavy atom. The fourth-order valence-corrected chi connectivity index (χ4v) is 3.14. The molecule has 0 amide bonds. The Labute approximate surface area is 170 Å². The monoisotopic (exact) mass is 447 g/mol. The minimum atomic E-state index is -0.310. The van der Waals surface area contributed by atoms with Crippen LogP contribution in [0.15, 0.2) is 53.5 Å². The van der Waals surface area contributed by atoms with Gasteiger partial charge >= 0.3 is 0 Å². The van der Waals surface area contributed by atoms with E-state index < -0.39 is 0 Å². The Balaban J connectivity index is 1.73. The van der Waals surface area contributed by atoms with Crippen molar-refractivity contribution < 1.29 is 13.9 Å². The van der Waals surface area contributed by atoms with E-state index in [2.05, 4.69) is 43.4 Å². The lowest BCUT2D eigenvalue weighted by molar-refractivity contribution is 0.277. The molecule has 0 atom stereocenters. The van der Waals surface area contributed by atoms with Gasteiger partial charge in [0.05, 0.1) is 18.1 Å². The number of anilines is 1. The molecule has 3 aromatic rings. The maximum atomic E-state index is 13.8. The van der Waals surface area contributed by atoms with Gasteiger partial charge in [-0.1, -0.05) is 29.4 Å². The van der Waals surface area contributed by atoms with Gasteiger partial charge in [-0.15, -0.1) is 6.58 Å². The number of methoxy groups -OCH3 is 1. The minimum Gasteiger partial charge on any atom is -0.493 e. The number of hydrogen-bond acceptors (Lipinski definition) is 6. The Hall–Kier alpha value is -2.94. The average Bonchev–Trinajstić information content (AvgIpc) is 3.13. The molecule has 0 aliphatic heterocycles. The van der Waals surface area contributed by atoms with Gasteiger partial charge in [0, 0.05) is 12.1 Å². The molecule has 1 aromatic heterocycles. The van der Waals surface area contributed by atoms with Crippen LogP contribution in [0, 0.1) is 5.82 Å². The Kier molecular flexibility index (Phi) is 6.59. The van der Waals surface area contributed by atoms with Crippen LogP contribution in [0.25, 0.3) is 0 Å². The van der Waals surface area contributed by atoms with Gasteiger partial charge in [0.2, 0.25) is 5.95 Å². The first-order chi connectivity index (χ1) is 13.6. The van der Waals surface area contributed by atoms with E-state index in [-0.39, 0.29) is 12.4 Å². The Morgan fingerprint density at radius 3 is 2.89 bits per heavy atom. The largest absolute Gasteiger partial charge is 0.493 e. The summed E-state index contributed by atoms with van der Waals surface area (Å²) in [5.74, 6) is 1.27. The van der Waals surface area contributed by atoms with E-state index in [9.17, 15) is 4.39 Å². The summed E-state index contributed by atoms with van der Waals surface area (Å²) in [5, 5.41) is 14.6. The van der Waals surface area contributed by atoms with Crippen LogP contribution in [-0.4, -0.2) is 27.3 Å². The van der Waals surface area contributed by atoms with Crippen molar-refractivity contribution >= 4 is 21.9 Å². The van der Waals surface area contributed by atoms with Gasteiger partial charge in [-0.2, -0.15) is 0 Å². The Bertz CT molecular complexity index is 963. The van der Waals surface area contributed by atoms with Gasteiger partial charge < -0.3 is 14.8 Å². The van der Waals surface area contributed by atoms with Crippen LogP contribution in [0.2, 0.25) is 0 Å². The third-order valence-corrected chi connectivity index (χ3v) is 4.49. The molecule has 28 heavy (non-hydrogen) atoms. The van der Waals surface area contributed by atoms with Crippen molar-refractivity contribution in [2.75, 3.05) is 12.4 Å². The fourth-order valence-electron chi connectivity index (χ4n) is 2.54. The molecule has 0 spiro atoms. The number of hydrogen-bond donors (Lipinski definition) is 1. The average molecular weight is 448 g/mol. The van der Waals surface area contributed by atoms with Crippen LogP contribution in [0.4, 0.5) is 10.3 Å². The fraction of sp³-hybridized carbons (Fsp3) is 0.211. The van der Waals surface area contributed by atoms with Gasteiger partial charge in [-0.25, -0.2) is 9.07 Å². The van der Waals surface area contributed by atoms with E-state index in [0.717, 1.165) is 5.56 Å². The van der Waals surface area contributed by atoms with E-state index in [0.29, 0.717) is 40.6 Å². The van der Waals surface area contributed by atoms with E-state index in [1.165, 1.54) is 6.07 Å². The molecule has 0 fully saturated rings. The molecule has 7 nitrogen and oxygen atoms in total. The first-order valence-electron chi connectivity index (χ1n) is 8.46. The van der Waals surface area contributed by atoms with Gasteiger partial charge in [0.25, 0.3) is 0 Å². The molecule has 0 aliphatic carbocycles. The van der Waals surface area contributed by atoms with Gasteiger partial charge in [-0.05, 0) is 50.1 Å². The summed E-state index contributed by atoms with van der Waals surface area (Å²) >= 11 is 3.50. The molecule has 0 bridgehead atoms. The van der Waals surface area contributed by atoms with Crippen LogP contribution >= 0.6 is 15.9 Å². The minimum absolute atomic E-state index is 0.0928. The summed E-state index contributed by atoms with van der Waals surface area (Å²) in [6.45, 7) is 4.75. The number of nitrogens with one attached hydrogen (secondary N) is 1. The van der Waals surface area contributed by atoms with Crippen molar-refractivity contribution in [3.63, 3.8) is 0 Å². The highest BCUT2D eigenvalue weighted by atomic mass is 79.9. The lowest BCUT2D eigenvalue weighted by Gasteiger charge is -2.15. The van der Waals surface area contributed by atoms with Crippen LogP contribution in [0.5, 0.6) is 11.5 Å². The number of ether oxygens (including phenoxy) is 2. The molecule has 1 N–H and O–H groups in total. The highest BCUT2D eigenvalue weighted by molar-refractivity contribution is 9.10. The maximum Gasteiger partial charge on any atom is 0.243 e. The second kappa shape index (κ2) is 9.32. The topological polar surface area (TPSA) is 74.1 Å². The van der Waals surface area contributed by atoms with Crippen molar-refractivity contribution in [3.05, 3.63) is 70.5 Å². The summed E-state index contributed by atoms with van der Waals surface area (Å²) in [6, 6.07) is 10.2. The normalized spacial score (nSPS) is 10.5. The predicted molar refractivity (Wildman–Crippen MR) is 107 cm³/mol. The molecule has 3 rings (SSSR count). The van der Waals surface area contributed by atoms with E-state index in [1.807, 2.05) is 12.1 Å². The number of rotatable bonds is 9. The summed E-state index contributed by atoms with van der Waals surface area (Å²) in [6.07, 6.45) is 1.71. The SMILES string of the molecule is C=CCn1nnnc1NCc1cc(Br)c(OCc2ccccc2F)c(OC)c1. The van der Waals surface area contributed by atoms with Crippen molar-refractivity contribution in [1.82, 2.24) is 20.2 Å². The summed E-state index contributed by atoms with van der Waals surface area (Å²) in [7, 11) is 1.56. The number of allylic oxidation sites excluding steroid dienone is 1. The summed E-state index contributed by atoms with van der Waals surface area (Å²) < 4.78 is 27.4. The maximum absolute atomic E-state index is 13.8. The zero-order valence-corrected chi connectivity index (χ0v) is 16.8. The highest BCUT2D eigenvalue weighted by Crippen LogP contribution is 2.37. The lowest BCUT2D eigenvalue weighted by atomic mass is 10.2. The lowest BCUT2D eigenvalue weighted by Crippen LogP contribution is -2.08. The number of benzene rings is 2. The van der Waals surface area contributed by atoms with Crippen molar-refractivity contribution in [2.24, 2.45) is 0 Å². The molecular weight excluding hydrogens is 429 g/mol. The standard InChI is InChI=1S/C19H19BrFN5O2/c1-3-8-26-19(23-24-25-26)22-11-13-9-15(20)18(17(10-13)27-2)28-12-14-6-4-5-7-16(14)21/h3-7,9-10H,1,8,11-12H2,2H3,(H,22,23,25). The Morgan fingerprint density at radius 1 is 1.32 bits per heavy atom. The number of nitrogens with zero attached hydrogens (tertiary/aromatic N) is 4. The zero-order valence-electron chi connectivity index (χ0n) is 15.2. The molecule has 0 radical (unpaired) electrons. The molecule has 1 heterocycles. The van der Waals surface area contributed by atoms with E-state index in [1.54, 1.807) is 36.1 Å². The van der Waals surface area contributed by atoms with Crippen molar-refractivity contribution in [3.8, 4) is 11.5 Å². The van der Waals surface area contributed by atoms with Crippen LogP contribution in [0.1, 0.15) is 11.1 Å². The summed E-state index contributed by atoms with van der Waals surface area (Å²) in [4.78, 5) is 0. The predicted octanol–water partition coefficient (Wildman–Crippen LogP) is 3.96. The first-order valence-corrected chi connectivity index (χ1v) is 9.25. The van der Waals surface area contributed by atoms with E-state index in [4.69, 9.17) is 9.47 Å². The molecule has 146 valence electrons. The second-order valence-corrected chi connectivity index (χ2v) is 6.67. The van der Waals surface area contributed by atoms with E-state index >= 15 is 0 Å². The van der Waals surface area contributed by atoms with Crippen molar-refractivity contribution in [1.29, 1.82) is 0 Å². The third kappa shape index (κ3) is 4.66. The summed E-state index contributed by atoms with van der Waals surface area (Å²) in [5.41, 5.74) is 1.39. The van der Waals surface area contributed by atoms with Crippen LogP contribution < -0.4 is 14.8 Å².